The van der Waals surface area contributed by atoms with Crippen LogP contribution in [-0.4, -0.2) is 49.1 Å². The first kappa shape index (κ1) is 18.0. The van der Waals surface area contributed by atoms with Crippen molar-refractivity contribution in [2.75, 3.05) is 26.2 Å². The van der Waals surface area contributed by atoms with Gasteiger partial charge in [-0.05, 0) is 39.7 Å². The molecule has 1 unspecified atom stereocenters. The van der Waals surface area contributed by atoms with Gasteiger partial charge >= 0.3 is 5.97 Å². The Hall–Kier alpha value is -1.10. The number of hydrogen-bond donors (Lipinski definition) is 1. The minimum absolute atomic E-state index is 0.0654. The Morgan fingerprint density at radius 1 is 1.33 bits per heavy atom. The first-order valence-electron chi connectivity index (χ1n) is 8.28. The van der Waals surface area contributed by atoms with Gasteiger partial charge in [-0.25, -0.2) is 0 Å². The summed E-state index contributed by atoms with van der Waals surface area (Å²) in [6, 6.07) is -0.177. The molecule has 0 aromatic rings. The first-order chi connectivity index (χ1) is 10.1. The van der Waals surface area contributed by atoms with Gasteiger partial charge in [0.15, 0.2) is 0 Å². The van der Waals surface area contributed by atoms with Crippen LogP contribution < -0.4 is 5.32 Å². The van der Waals surface area contributed by atoms with E-state index in [0.29, 0.717) is 13.2 Å². The molecule has 0 bridgehead atoms. The summed E-state index contributed by atoms with van der Waals surface area (Å²) in [4.78, 5) is 26.1. The number of hydrogen-bond acceptors (Lipinski definition) is 4. The minimum Gasteiger partial charge on any atom is -0.466 e. The van der Waals surface area contributed by atoms with Gasteiger partial charge in [-0.1, -0.05) is 19.8 Å². The van der Waals surface area contributed by atoms with Crippen LogP contribution in [0, 0.1) is 5.92 Å². The lowest BCUT2D eigenvalue weighted by Crippen LogP contribution is -2.50. The third-order valence-corrected chi connectivity index (χ3v) is 4.08. The Labute approximate surface area is 128 Å². The lowest BCUT2D eigenvalue weighted by molar-refractivity contribution is -0.151. The van der Waals surface area contributed by atoms with Crippen molar-refractivity contribution in [2.24, 2.45) is 5.92 Å². The van der Waals surface area contributed by atoms with Gasteiger partial charge in [0.05, 0.1) is 18.6 Å². The summed E-state index contributed by atoms with van der Waals surface area (Å²) < 4.78 is 5.10. The van der Waals surface area contributed by atoms with Crippen LogP contribution in [0.15, 0.2) is 0 Å². The van der Waals surface area contributed by atoms with E-state index in [4.69, 9.17) is 4.74 Å². The molecule has 0 aromatic carbocycles. The maximum Gasteiger partial charge on any atom is 0.310 e. The fourth-order valence-corrected chi connectivity index (χ4v) is 2.71. The van der Waals surface area contributed by atoms with Crippen molar-refractivity contribution in [3.8, 4) is 0 Å². The SMILES string of the molecule is CCCCCNC(=O)C(C)N1CCC[C@H](C(=O)OCC)C1. The molecule has 21 heavy (non-hydrogen) atoms. The largest absolute Gasteiger partial charge is 0.466 e. The zero-order chi connectivity index (χ0) is 15.7. The smallest absolute Gasteiger partial charge is 0.310 e. The minimum atomic E-state index is -0.177. The number of rotatable bonds is 8. The number of esters is 1. The highest BCUT2D eigenvalue weighted by atomic mass is 16.5. The Kier molecular flexibility index (Phi) is 8.35. The summed E-state index contributed by atoms with van der Waals surface area (Å²) in [7, 11) is 0. The van der Waals surface area contributed by atoms with E-state index in [-0.39, 0.29) is 23.8 Å². The number of piperidine rings is 1. The summed E-state index contributed by atoms with van der Waals surface area (Å²) in [5.74, 6) is -0.151. The topological polar surface area (TPSA) is 58.6 Å². The number of nitrogens with zero attached hydrogens (tertiary/aromatic N) is 1. The summed E-state index contributed by atoms with van der Waals surface area (Å²) in [5.41, 5.74) is 0. The molecule has 122 valence electrons. The van der Waals surface area contributed by atoms with Crippen molar-refractivity contribution in [1.82, 2.24) is 10.2 Å². The van der Waals surface area contributed by atoms with E-state index in [1.165, 1.54) is 0 Å². The van der Waals surface area contributed by atoms with Crippen LogP contribution in [-0.2, 0) is 14.3 Å². The lowest BCUT2D eigenvalue weighted by atomic mass is 9.97. The highest BCUT2D eigenvalue weighted by Gasteiger charge is 2.31. The number of ether oxygens (including phenoxy) is 1. The number of likely N-dealkylation sites (tertiary alicyclic amines) is 1. The third-order valence-electron chi connectivity index (χ3n) is 4.08. The number of nitrogens with one attached hydrogen (secondary N) is 1. The van der Waals surface area contributed by atoms with E-state index in [9.17, 15) is 9.59 Å². The summed E-state index contributed by atoms with van der Waals surface area (Å²) in [6.07, 6.45) is 5.12. The Bertz CT molecular complexity index is 333. The second kappa shape index (κ2) is 9.77. The molecule has 0 aromatic heterocycles. The van der Waals surface area contributed by atoms with Crippen molar-refractivity contribution in [3.63, 3.8) is 0 Å². The lowest BCUT2D eigenvalue weighted by Gasteiger charge is -2.35. The fraction of sp³-hybridized carbons (Fsp3) is 0.875. The van der Waals surface area contributed by atoms with Gasteiger partial charge < -0.3 is 10.1 Å². The molecule has 1 aliphatic heterocycles. The maximum atomic E-state index is 12.1. The summed E-state index contributed by atoms with van der Waals surface area (Å²) >= 11 is 0. The average Bonchev–Trinajstić information content (AvgIpc) is 2.51. The molecule has 1 aliphatic rings. The van der Waals surface area contributed by atoms with Crippen molar-refractivity contribution in [1.29, 1.82) is 0 Å². The molecule has 0 radical (unpaired) electrons. The van der Waals surface area contributed by atoms with E-state index in [1.54, 1.807) is 0 Å². The molecule has 5 nitrogen and oxygen atoms in total. The van der Waals surface area contributed by atoms with Crippen molar-refractivity contribution >= 4 is 11.9 Å². The van der Waals surface area contributed by atoms with E-state index < -0.39 is 0 Å². The zero-order valence-electron chi connectivity index (χ0n) is 13.7. The van der Waals surface area contributed by atoms with E-state index in [0.717, 1.165) is 45.2 Å². The van der Waals surface area contributed by atoms with Crippen molar-refractivity contribution in [3.05, 3.63) is 0 Å². The second-order valence-corrected chi connectivity index (χ2v) is 5.76. The standard InChI is InChI=1S/C16H30N2O3/c1-4-6-7-10-17-15(19)13(3)18-11-8-9-14(12-18)16(20)21-5-2/h13-14H,4-12H2,1-3H3,(H,17,19)/t13?,14-/m0/s1. The van der Waals surface area contributed by atoms with Crippen LogP contribution in [0.3, 0.4) is 0 Å². The normalized spacial score (nSPS) is 20.8. The molecular formula is C16H30N2O3. The molecule has 1 rings (SSSR count). The molecule has 1 heterocycles. The van der Waals surface area contributed by atoms with Crippen LogP contribution in [0.4, 0.5) is 0 Å². The monoisotopic (exact) mass is 298 g/mol. The zero-order valence-corrected chi connectivity index (χ0v) is 13.7. The molecule has 1 amide bonds. The van der Waals surface area contributed by atoms with E-state index in [2.05, 4.69) is 17.1 Å². The van der Waals surface area contributed by atoms with Crippen LogP contribution in [0.25, 0.3) is 0 Å². The fourth-order valence-electron chi connectivity index (χ4n) is 2.71. The molecule has 0 spiro atoms. The number of unbranched alkanes of at least 4 members (excludes halogenated alkanes) is 2. The van der Waals surface area contributed by atoms with Gasteiger partial charge in [0, 0.05) is 13.1 Å². The second-order valence-electron chi connectivity index (χ2n) is 5.76. The third kappa shape index (κ3) is 6.04. The molecule has 0 saturated carbocycles. The molecule has 1 saturated heterocycles. The summed E-state index contributed by atoms with van der Waals surface area (Å²) in [5, 5.41) is 2.99. The van der Waals surface area contributed by atoms with Gasteiger partial charge in [0.25, 0.3) is 0 Å². The Morgan fingerprint density at radius 2 is 2.10 bits per heavy atom. The van der Waals surface area contributed by atoms with Crippen molar-refractivity contribution in [2.45, 2.75) is 58.9 Å². The number of carbonyl (C=O) groups is 2. The van der Waals surface area contributed by atoms with Gasteiger partial charge in [-0.15, -0.1) is 0 Å². The highest BCUT2D eigenvalue weighted by molar-refractivity contribution is 5.81. The Balaban J connectivity index is 2.40. The number of carbonyl (C=O) groups excluding carboxylic acids is 2. The van der Waals surface area contributed by atoms with Crippen LogP contribution in [0.5, 0.6) is 0 Å². The van der Waals surface area contributed by atoms with Gasteiger partial charge in [-0.2, -0.15) is 0 Å². The maximum absolute atomic E-state index is 12.1. The van der Waals surface area contributed by atoms with Gasteiger partial charge in [0.1, 0.15) is 0 Å². The van der Waals surface area contributed by atoms with Crippen LogP contribution in [0.1, 0.15) is 52.9 Å². The highest BCUT2D eigenvalue weighted by Crippen LogP contribution is 2.19. The van der Waals surface area contributed by atoms with Gasteiger partial charge in [0.2, 0.25) is 5.91 Å². The molecule has 2 atom stereocenters. The average molecular weight is 298 g/mol. The summed E-state index contributed by atoms with van der Waals surface area (Å²) in [6.45, 7) is 8.55. The van der Waals surface area contributed by atoms with E-state index in [1.807, 2.05) is 13.8 Å². The van der Waals surface area contributed by atoms with Crippen LogP contribution in [0.2, 0.25) is 0 Å². The predicted octanol–water partition coefficient (Wildman–Crippen LogP) is 1.96. The molecular weight excluding hydrogens is 268 g/mol. The quantitative estimate of drug-likeness (QED) is 0.550. The van der Waals surface area contributed by atoms with Crippen molar-refractivity contribution < 1.29 is 14.3 Å². The van der Waals surface area contributed by atoms with Crippen LogP contribution >= 0.6 is 0 Å². The Morgan fingerprint density at radius 3 is 2.76 bits per heavy atom. The molecule has 1 N–H and O–H groups in total. The molecule has 5 heteroatoms. The predicted molar refractivity (Wildman–Crippen MR) is 82.9 cm³/mol. The van der Waals surface area contributed by atoms with Gasteiger partial charge in [-0.3, -0.25) is 14.5 Å². The molecule has 1 fully saturated rings. The molecule has 0 aliphatic carbocycles. The first-order valence-corrected chi connectivity index (χ1v) is 8.28. The number of amides is 1. The van der Waals surface area contributed by atoms with E-state index >= 15 is 0 Å².